The van der Waals surface area contributed by atoms with E-state index in [4.69, 9.17) is 18.8 Å². The first kappa shape index (κ1) is 22.4. The van der Waals surface area contributed by atoms with Crippen LogP contribution in [0.3, 0.4) is 0 Å². The van der Waals surface area contributed by atoms with Gasteiger partial charge in [0.1, 0.15) is 22.1 Å². The van der Waals surface area contributed by atoms with E-state index >= 15 is 0 Å². The van der Waals surface area contributed by atoms with Crippen molar-refractivity contribution in [2.45, 2.75) is 17.7 Å². The van der Waals surface area contributed by atoms with Crippen LogP contribution in [-0.2, 0) is 11.1 Å². The zero-order valence-electron chi connectivity index (χ0n) is 13.3. The number of unbranched alkanes of at least 4 members (excludes halogenated alkanes) is 1. The number of ether oxygens (including phenoxy) is 3. The molecule has 0 aromatic heterocycles. The molecule has 0 heterocycles. The molecule has 1 N–H and O–H groups in total. The maximum absolute atomic E-state index is 10.5. The fraction of sp³-hybridized carbons (Fsp3) is 0.538. The first-order valence-corrected chi connectivity index (χ1v) is 9.88. The van der Waals surface area contributed by atoms with Crippen LogP contribution in [0.2, 0.25) is 0 Å². The van der Waals surface area contributed by atoms with Gasteiger partial charge in [-0.05, 0) is 23.6 Å². The summed E-state index contributed by atoms with van der Waals surface area (Å²) < 4.78 is 35.2. The molecule has 0 amide bonds. The second kappa shape index (κ2) is 12.8. The summed E-state index contributed by atoms with van der Waals surface area (Å²) >= 11 is -1.69. The molecule has 9 heteroatoms. The summed E-state index contributed by atoms with van der Waals surface area (Å²) in [6.07, 6.45) is 1.64. The second-order valence-electron chi connectivity index (χ2n) is 4.00. The Morgan fingerprint density at radius 3 is 2.14 bits per heavy atom. The minimum absolute atomic E-state index is 0. The average molecular weight is 375 g/mol. The largest absolute Gasteiger partial charge is 1.00 e. The summed E-state index contributed by atoms with van der Waals surface area (Å²) in [6.45, 7) is 0. The smallest absolute Gasteiger partial charge is 0.496 e. The van der Waals surface area contributed by atoms with E-state index in [0.29, 0.717) is 23.0 Å². The number of benzene rings is 1. The Kier molecular flexibility index (Phi) is 13.1. The van der Waals surface area contributed by atoms with Crippen LogP contribution >= 0.6 is 21.6 Å². The molecule has 1 rings (SSSR count). The van der Waals surface area contributed by atoms with Crippen LogP contribution in [0.4, 0.5) is 0 Å². The van der Waals surface area contributed by atoms with Crippen molar-refractivity contribution >= 4 is 32.7 Å². The summed E-state index contributed by atoms with van der Waals surface area (Å²) in [5, 5.41) is 0. The molecule has 1 aromatic rings. The van der Waals surface area contributed by atoms with Gasteiger partial charge in [-0.3, -0.25) is 0 Å². The van der Waals surface area contributed by atoms with Crippen molar-refractivity contribution in [2.24, 2.45) is 0 Å². The van der Waals surface area contributed by atoms with Crippen molar-refractivity contribution in [3.63, 3.8) is 0 Å². The molecule has 1 unspecified atom stereocenters. The first-order chi connectivity index (χ1) is 10.1. The molecule has 0 saturated carbocycles. The first-order valence-electron chi connectivity index (χ1n) is 6.29. The predicted molar refractivity (Wildman–Crippen MR) is 89.3 cm³/mol. The van der Waals surface area contributed by atoms with Crippen LogP contribution in [0.1, 0.15) is 12.8 Å². The molecule has 0 radical (unpaired) electrons. The maximum Gasteiger partial charge on any atom is 1.00 e. The third-order valence-electron chi connectivity index (χ3n) is 2.61. The Morgan fingerprint density at radius 1 is 1.09 bits per heavy atom. The second-order valence-corrected chi connectivity index (χ2v) is 7.48. The molecule has 0 aliphatic carbocycles. The molecule has 1 aromatic carbocycles. The van der Waals surface area contributed by atoms with E-state index in [1.54, 1.807) is 42.9 Å². The Bertz CT molecular complexity index is 448. The van der Waals surface area contributed by atoms with Gasteiger partial charge >= 0.3 is 29.6 Å². The number of hydrogen-bond acceptors (Lipinski definition) is 6. The Morgan fingerprint density at radius 2 is 1.68 bits per heavy atom. The maximum atomic E-state index is 10.5. The van der Waals surface area contributed by atoms with Crippen molar-refractivity contribution in [1.82, 2.24) is 0 Å². The Hall–Kier alpha value is 0.430. The van der Waals surface area contributed by atoms with Gasteiger partial charge in [-0.25, -0.2) is 4.21 Å². The van der Waals surface area contributed by atoms with E-state index in [0.717, 1.165) is 23.5 Å². The summed E-state index contributed by atoms with van der Waals surface area (Å²) in [7, 11) is 8.06. The zero-order valence-corrected chi connectivity index (χ0v) is 17.7. The van der Waals surface area contributed by atoms with E-state index < -0.39 is 11.1 Å². The van der Waals surface area contributed by atoms with Crippen LogP contribution < -0.4 is 43.8 Å². The van der Waals surface area contributed by atoms with Crippen LogP contribution in [0.25, 0.3) is 0 Å². The average Bonchev–Trinajstić information content (AvgIpc) is 2.49. The van der Waals surface area contributed by atoms with E-state index in [1.807, 2.05) is 12.1 Å². The number of methoxy groups -OCH3 is 3. The van der Waals surface area contributed by atoms with Gasteiger partial charge in [0.25, 0.3) is 0 Å². The van der Waals surface area contributed by atoms with Crippen molar-refractivity contribution < 1.29 is 52.5 Å². The van der Waals surface area contributed by atoms with E-state index in [-0.39, 0.29) is 29.6 Å². The van der Waals surface area contributed by atoms with E-state index in [9.17, 15) is 4.21 Å². The minimum Gasteiger partial charge on any atom is -0.496 e. The van der Waals surface area contributed by atoms with Gasteiger partial charge in [0, 0.05) is 23.6 Å². The molecule has 0 bridgehead atoms. The Labute approximate surface area is 164 Å². The molecular formula is C13H20NaO5S3+. The van der Waals surface area contributed by atoms with Gasteiger partial charge < -0.3 is 18.8 Å². The van der Waals surface area contributed by atoms with Gasteiger partial charge in [-0.2, -0.15) is 0 Å². The molecule has 0 aliphatic heterocycles. The third kappa shape index (κ3) is 7.81. The molecule has 0 spiro atoms. The van der Waals surface area contributed by atoms with E-state index in [1.165, 1.54) is 0 Å². The normalized spacial score (nSPS) is 11.5. The summed E-state index contributed by atoms with van der Waals surface area (Å²) in [4.78, 5) is 0.913. The molecular weight excluding hydrogens is 355 g/mol. The minimum atomic E-state index is -1.69. The molecule has 1 atom stereocenters. The molecule has 0 fully saturated rings. The molecule has 0 aliphatic rings. The van der Waals surface area contributed by atoms with Crippen molar-refractivity contribution in [1.29, 1.82) is 0 Å². The summed E-state index contributed by atoms with van der Waals surface area (Å²) in [5.74, 6) is 3.32. The molecule has 5 nitrogen and oxygen atoms in total. The van der Waals surface area contributed by atoms with Crippen LogP contribution in [-0.4, -0.2) is 41.6 Å². The summed E-state index contributed by atoms with van der Waals surface area (Å²) in [6, 6.07) is 3.64. The van der Waals surface area contributed by atoms with E-state index in [2.05, 4.69) is 0 Å². The quantitative estimate of drug-likeness (QED) is 0.276. The number of hydrogen-bond donors (Lipinski definition) is 1. The number of rotatable bonds is 10. The van der Waals surface area contributed by atoms with Crippen molar-refractivity contribution in [3.8, 4) is 17.2 Å². The van der Waals surface area contributed by atoms with Gasteiger partial charge in [0.15, 0.2) is 11.1 Å². The van der Waals surface area contributed by atoms with Gasteiger partial charge in [0.2, 0.25) is 0 Å². The van der Waals surface area contributed by atoms with Crippen LogP contribution in [0.5, 0.6) is 17.2 Å². The fourth-order valence-electron chi connectivity index (χ4n) is 1.54. The van der Waals surface area contributed by atoms with Crippen molar-refractivity contribution in [2.75, 3.05) is 32.8 Å². The van der Waals surface area contributed by atoms with Crippen LogP contribution in [0.15, 0.2) is 17.0 Å². The molecule has 120 valence electrons. The fourth-order valence-corrected chi connectivity index (χ4v) is 4.42. The third-order valence-corrected chi connectivity index (χ3v) is 5.74. The SMILES string of the molecule is COc1cc(OC)c(SSCCCCS(=O)O)c(OC)c1.[Na+]. The van der Waals surface area contributed by atoms with Crippen LogP contribution in [0, 0.1) is 0 Å². The predicted octanol–water partition coefficient (Wildman–Crippen LogP) is 0.459. The summed E-state index contributed by atoms with van der Waals surface area (Å²) in [5.41, 5.74) is 0. The monoisotopic (exact) mass is 375 g/mol. The Balaban J connectivity index is 0.00000441. The van der Waals surface area contributed by atoms with Gasteiger partial charge in [-0.15, -0.1) is 0 Å². The zero-order chi connectivity index (χ0) is 15.7. The van der Waals surface area contributed by atoms with Gasteiger partial charge in [-0.1, -0.05) is 10.8 Å². The van der Waals surface area contributed by atoms with Crippen molar-refractivity contribution in [3.05, 3.63) is 12.1 Å². The molecule has 22 heavy (non-hydrogen) atoms. The molecule has 0 saturated heterocycles. The topological polar surface area (TPSA) is 65.0 Å². The van der Waals surface area contributed by atoms with Gasteiger partial charge in [0.05, 0.1) is 21.3 Å². The standard InChI is InChI=1S/C13H20O5S3.Na/c1-16-10-8-11(17-2)13(12(9-10)18-3)20-19-6-4-5-7-21(14)15;/h8-9H,4-7H2,1-3H3,(H,14,15);/q;+1.